The maximum atomic E-state index is 14.4. The molecular weight excluding hydrogens is 464 g/mol. The average molecular weight is 503 g/mol. The summed E-state index contributed by atoms with van der Waals surface area (Å²) in [5.41, 5.74) is -3.85. The molecule has 0 bridgehead atoms. The largest absolute Gasteiger partial charge is 0.462 e. The number of epoxide rings is 1. The van der Waals surface area contributed by atoms with Crippen LogP contribution in [0.1, 0.15) is 73.6 Å². The van der Waals surface area contributed by atoms with Crippen LogP contribution in [0.2, 0.25) is 0 Å². The first kappa shape index (κ1) is 24.5. The molecule has 3 aliphatic carbocycles. The van der Waals surface area contributed by atoms with E-state index < -0.39 is 51.4 Å². The van der Waals surface area contributed by atoms with Gasteiger partial charge in [0.05, 0.1) is 12.0 Å². The Morgan fingerprint density at radius 3 is 2.33 bits per heavy atom. The Hall–Kier alpha value is -1.80. The fourth-order valence-corrected chi connectivity index (χ4v) is 9.89. The minimum absolute atomic E-state index is 0.0399. The lowest BCUT2D eigenvalue weighted by Crippen LogP contribution is -2.75. The van der Waals surface area contributed by atoms with E-state index in [2.05, 4.69) is 6.92 Å². The summed E-state index contributed by atoms with van der Waals surface area (Å²) in [4.78, 5) is 53.3. The van der Waals surface area contributed by atoms with Gasteiger partial charge >= 0.3 is 11.9 Å². The summed E-state index contributed by atoms with van der Waals surface area (Å²) in [6, 6.07) is 0. The van der Waals surface area contributed by atoms with E-state index in [9.17, 15) is 19.2 Å². The minimum Gasteiger partial charge on any atom is -0.462 e. The number of fused-ring (bicyclic) bond motifs is 3. The Labute approximate surface area is 212 Å². The van der Waals surface area contributed by atoms with Crippen molar-refractivity contribution >= 4 is 23.5 Å². The molecule has 1 spiro atoms. The summed E-state index contributed by atoms with van der Waals surface area (Å²) in [5, 5.41) is 0. The van der Waals surface area contributed by atoms with E-state index in [0.717, 1.165) is 6.42 Å². The molecule has 36 heavy (non-hydrogen) atoms. The molecule has 3 saturated carbocycles. The van der Waals surface area contributed by atoms with Crippen molar-refractivity contribution in [1.29, 1.82) is 0 Å². The van der Waals surface area contributed by atoms with Gasteiger partial charge in [0.25, 0.3) is 0 Å². The third kappa shape index (κ3) is 2.58. The predicted octanol–water partition coefficient (Wildman–Crippen LogP) is 3.03. The summed E-state index contributed by atoms with van der Waals surface area (Å²) in [6.07, 6.45) is 0.796. The quantitative estimate of drug-likeness (QED) is 0.419. The van der Waals surface area contributed by atoms with Gasteiger partial charge < -0.3 is 18.9 Å². The monoisotopic (exact) mass is 502 g/mol. The van der Waals surface area contributed by atoms with Crippen molar-refractivity contribution in [3.8, 4) is 0 Å². The first-order valence-electron chi connectivity index (χ1n) is 13.5. The van der Waals surface area contributed by atoms with Gasteiger partial charge in [-0.05, 0) is 38.0 Å². The molecule has 3 saturated heterocycles. The number of ether oxygens (including phenoxy) is 4. The number of hydrogen-bond donors (Lipinski definition) is 0. The molecule has 0 aromatic heterocycles. The number of carbonyl (C=O) groups excluding carboxylic acids is 4. The molecule has 10 atom stereocenters. The molecule has 0 N–H and O–H groups in total. The molecule has 5 unspecified atom stereocenters. The van der Waals surface area contributed by atoms with Gasteiger partial charge in [-0.25, -0.2) is 4.79 Å². The van der Waals surface area contributed by atoms with Crippen LogP contribution in [-0.2, 0) is 38.1 Å². The van der Waals surface area contributed by atoms with E-state index in [-0.39, 0.29) is 48.3 Å². The highest BCUT2D eigenvalue weighted by Crippen LogP contribution is 2.78. The second-order valence-corrected chi connectivity index (χ2v) is 13.4. The van der Waals surface area contributed by atoms with Crippen LogP contribution in [0.4, 0.5) is 0 Å². The topological polar surface area (TPSA) is 108 Å². The van der Waals surface area contributed by atoms with Gasteiger partial charge in [0.15, 0.2) is 6.10 Å². The van der Waals surface area contributed by atoms with Crippen molar-refractivity contribution in [2.24, 2.45) is 39.4 Å². The van der Waals surface area contributed by atoms with Crippen LogP contribution < -0.4 is 0 Å². The van der Waals surface area contributed by atoms with Gasteiger partial charge in [-0.15, -0.1) is 0 Å². The highest BCUT2D eigenvalue weighted by molar-refractivity contribution is 5.97. The van der Waals surface area contributed by atoms with Crippen molar-refractivity contribution in [3.05, 3.63) is 0 Å². The Morgan fingerprint density at radius 1 is 0.972 bits per heavy atom. The molecule has 6 fully saturated rings. The highest BCUT2D eigenvalue weighted by atomic mass is 16.7. The van der Waals surface area contributed by atoms with Crippen molar-refractivity contribution in [2.45, 2.75) is 97.6 Å². The van der Waals surface area contributed by atoms with Gasteiger partial charge in [0.1, 0.15) is 29.4 Å². The van der Waals surface area contributed by atoms with E-state index in [1.807, 2.05) is 27.7 Å². The third-order valence-electron chi connectivity index (χ3n) is 11.8. The summed E-state index contributed by atoms with van der Waals surface area (Å²) in [5.74, 6) is -1.19. The summed E-state index contributed by atoms with van der Waals surface area (Å²) < 4.78 is 23.7. The molecule has 6 aliphatic rings. The lowest BCUT2D eigenvalue weighted by atomic mass is 9.34. The molecular formula is C28H38O8. The first-order valence-corrected chi connectivity index (χ1v) is 13.5. The van der Waals surface area contributed by atoms with Crippen LogP contribution in [0, 0.1) is 39.4 Å². The predicted molar refractivity (Wildman–Crippen MR) is 126 cm³/mol. The Bertz CT molecular complexity index is 1060. The van der Waals surface area contributed by atoms with Gasteiger partial charge in [-0.3, -0.25) is 14.4 Å². The molecule has 198 valence electrons. The lowest BCUT2D eigenvalue weighted by Gasteiger charge is -2.67. The zero-order valence-corrected chi connectivity index (χ0v) is 22.2. The molecule has 0 amide bonds. The standard InChI is InChI=1S/C28H38O8/c1-14(29)34-20-12-18(30)26(5)16-7-9-25(4)21(15-8-10-33-13-15)35-23(32)22-28(25,36-22)27(16,6)19(31)11-17(26)24(20,2)3/h15-17,20-22H,7-13H2,1-6H3/t15?,16?,17?,20-,21+,22?,25+,26-,27+,28?/m1/s1. The molecule has 0 aromatic rings. The van der Waals surface area contributed by atoms with Crippen LogP contribution in [0.5, 0.6) is 0 Å². The molecule has 3 heterocycles. The molecule has 6 rings (SSSR count). The second kappa shape index (κ2) is 7.19. The Balaban J connectivity index is 1.45. The van der Waals surface area contributed by atoms with Crippen molar-refractivity contribution in [3.63, 3.8) is 0 Å². The summed E-state index contributed by atoms with van der Waals surface area (Å²) >= 11 is 0. The molecule has 0 radical (unpaired) electrons. The van der Waals surface area contributed by atoms with Gasteiger partial charge in [-0.2, -0.15) is 0 Å². The second-order valence-electron chi connectivity index (χ2n) is 13.4. The number of Topliss-reactive ketones (excluding diaryl/α,β-unsaturated/α-hetero) is 2. The molecule has 8 nitrogen and oxygen atoms in total. The van der Waals surface area contributed by atoms with Crippen molar-refractivity contribution in [1.82, 2.24) is 0 Å². The van der Waals surface area contributed by atoms with Crippen LogP contribution in [0.3, 0.4) is 0 Å². The van der Waals surface area contributed by atoms with E-state index in [1.165, 1.54) is 6.92 Å². The number of ketones is 2. The number of esters is 2. The van der Waals surface area contributed by atoms with E-state index in [1.54, 1.807) is 0 Å². The maximum absolute atomic E-state index is 14.4. The van der Waals surface area contributed by atoms with Gasteiger partial charge in [0, 0.05) is 48.5 Å². The van der Waals surface area contributed by atoms with E-state index >= 15 is 0 Å². The molecule has 0 aromatic carbocycles. The van der Waals surface area contributed by atoms with Crippen LogP contribution in [-0.4, -0.2) is 60.6 Å². The summed E-state index contributed by atoms with van der Waals surface area (Å²) in [6.45, 7) is 12.7. The average Bonchev–Trinajstić information content (AvgIpc) is 3.36. The SMILES string of the molecule is CC(=O)O[C@@H]1CC(=O)[C@@]2(C)C(CC(=O)[C@]3(C)C2CC[C@@]2(C)[C@H](C4CCOC4)OC(=O)C4OC423)C1(C)C. The molecule has 8 heteroatoms. The Kier molecular flexibility index (Phi) is 4.90. The number of carbonyl (C=O) groups is 4. The van der Waals surface area contributed by atoms with Crippen LogP contribution >= 0.6 is 0 Å². The van der Waals surface area contributed by atoms with Gasteiger partial charge in [0.2, 0.25) is 0 Å². The number of cyclic esters (lactones) is 1. The zero-order valence-electron chi connectivity index (χ0n) is 22.2. The van der Waals surface area contributed by atoms with Crippen molar-refractivity contribution in [2.75, 3.05) is 13.2 Å². The van der Waals surface area contributed by atoms with E-state index in [4.69, 9.17) is 18.9 Å². The normalized spacial score (nSPS) is 52.9. The van der Waals surface area contributed by atoms with Crippen molar-refractivity contribution < 1.29 is 38.1 Å². The lowest BCUT2D eigenvalue weighted by molar-refractivity contribution is -0.229. The third-order valence-corrected chi connectivity index (χ3v) is 11.8. The maximum Gasteiger partial charge on any atom is 0.338 e. The Morgan fingerprint density at radius 2 is 1.69 bits per heavy atom. The van der Waals surface area contributed by atoms with Gasteiger partial charge in [-0.1, -0.05) is 27.7 Å². The zero-order chi connectivity index (χ0) is 26.1. The fraction of sp³-hybridized carbons (Fsp3) is 0.857. The van der Waals surface area contributed by atoms with Crippen LogP contribution in [0.15, 0.2) is 0 Å². The summed E-state index contributed by atoms with van der Waals surface area (Å²) in [7, 11) is 0. The number of hydrogen-bond acceptors (Lipinski definition) is 8. The van der Waals surface area contributed by atoms with E-state index in [0.29, 0.717) is 26.1 Å². The first-order chi connectivity index (χ1) is 16.8. The van der Waals surface area contributed by atoms with Crippen LogP contribution in [0.25, 0.3) is 0 Å². The smallest absolute Gasteiger partial charge is 0.338 e. The number of rotatable bonds is 2. The fourth-order valence-electron chi connectivity index (χ4n) is 9.89. The molecule has 3 aliphatic heterocycles. The highest BCUT2D eigenvalue weighted by Gasteiger charge is 2.89. The minimum atomic E-state index is -0.993.